The minimum absolute atomic E-state index is 0.217. The van der Waals surface area contributed by atoms with Crippen molar-refractivity contribution in [2.24, 2.45) is 0 Å². The third-order valence-corrected chi connectivity index (χ3v) is 7.56. The van der Waals surface area contributed by atoms with Crippen molar-refractivity contribution in [3.05, 3.63) is 50.9 Å². The van der Waals surface area contributed by atoms with E-state index in [-0.39, 0.29) is 15.6 Å². The summed E-state index contributed by atoms with van der Waals surface area (Å²) in [6, 6.07) is 3.29. The number of hydrogen-bond acceptors (Lipinski definition) is 9. The second-order valence-corrected chi connectivity index (χ2v) is 10.0. The van der Waals surface area contributed by atoms with Crippen LogP contribution in [0.15, 0.2) is 35.3 Å². The first-order valence-corrected chi connectivity index (χ1v) is 13.3. The van der Waals surface area contributed by atoms with E-state index in [2.05, 4.69) is 31.7 Å². The monoisotopic (exact) mass is 574 g/mol. The number of methoxy groups -OCH3 is 2. The third-order valence-electron chi connectivity index (χ3n) is 6.81. The summed E-state index contributed by atoms with van der Waals surface area (Å²) in [7, 11) is 4.70. The average Bonchev–Trinajstić information content (AvgIpc) is 2.95. The second-order valence-electron chi connectivity index (χ2n) is 9.27. The lowest BCUT2D eigenvalue weighted by Gasteiger charge is -2.34. The predicted octanol–water partition coefficient (Wildman–Crippen LogP) is 3.59. The SMILES string of the molecule is C=C(C=O)CN1CCN(CCCn2c(=O)c(-c3c(Cl)c(OC)cc(OC)c3Cl)cc3cnc(NC)nc32)CC1. The standard InChI is InChI=1S/C27H32Cl2N6O4/c1-17(16-36)15-34-10-8-33(9-11-34)6-5-7-35-25-18(14-31-27(30-2)32-25)12-19(26(35)37)22-23(28)20(38-3)13-21(39-4)24(22)29/h12-14,16H,1,5-11,15H2,2-4H3,(H,30,31,32). The first-order valence-electron chi connectivity index (χ1n) is 12.6. The molecule has 0 aliphatic carbocycles. The Labute approximate surface area is 237 Å². The summed E-state index contributed by atoms with van der Waals surface area (Å²) in [5.74, 6) is 1.10. The number of benzene rings is 1. The molecular formula is C27H32Cl2N6O4. The zero-order chi connectivity index (χ0) is 28.1. The van der Waals surface area contributed by atoms with E-state index in [4.69, 9.17) is 32.7 Å². The number of hydrogen-bond donors (Lipinski definition) is 1. The molecule has 39 heavy (non-hydrogen) atoms. The zero-order valence-electron chi connectivity index (χ0n) is 22.3. The molecule has 12 heteroatoms. The van der Waals surface area contributed by atoms with E-state index in [0.717, 1.165) is 45.4 Å². The molecule has 1 fully saturated rings. The third kappa shape index (κ3) is 6.19. The summed E-state index contributed by atoms with van der Waals surface area (Å²) in [4.78, 5) is 38.4. The van der Waals surface area contributed by atoms with Crippen molar-refractivity contribution in [2.75, 3.05) is 65.9 Å². The molecule has 0 atom stereocenters. The fraction of sp³-hybridized carbons (Fsp3) is 0.407. The molecular weight excluding hydrogens is 543 g/mol. The second kappa shape index (κ2) is 12.8. The van der Waals surface area contributed by atoms with Gasteiger partial charge in [-0.2, -0.15) is 4.98 Å². The highest BCUT2D eigenvalue weighted by Gasteiger charge is 2.23. The molecule has 0 saturated carbocycles. The molecule has 1 aromatic carbocycles. The minimum Gasteiger partial charge on any atom is -0.495 e. The van der Waals surface area contributed by atoms with Gasteiger partial charge in [0.2, 0.25) is 5.95 Å². The fourth-order valence-corrected chi connectivity index (χ4v) is 5.44. The van der Waals surface area contributed by atoms with Crippen molar-refractivity contribution in [1.29, 1.82) is 0 Å². The molecule has 208 valence electrons. The van der Waals surface area contributed by atoms with Gasteiger partial charge in [0.15, 0.2) is 0 Å². The summed E-state index contributed by atoms with van der Waals surface area (Å²) in [5, 5.41) is 4.04. The van der Waals surface area contributed by atoms with Gasteiger partial charge in [-0.05, 0) is 24.6 Å². The number of fused-ring (bicyclic) bond motifs is 1. The number of aromatic nitrogens is 3. The molecule has 1 N–H and O–H groups in total. The van der Waals surface area contributed by atoms with Crippen LogP contribution in [-0.4, -0.2) is 91.2 Å². The van der Waals surface area contributed by atoms with E-state index in [1.165, 1.54) is 14.2 Å². The number of aldehydes is 1. The molecule has 3 aromatic rings. The zero-order valence-corrected chi connectivity index (χ0v) is 23.8. The normalized spacial score (nSPS) is 14.4. The van der Waals surface area contributed by atoms with Gasteiger partial charge in [0.25, 0.3) is 5.56 Å². The van der Waals surface area contributed by atoms with E-state index in [9.17, 15) is 9.59 Å². The highest BCUT2D eigenvalue weighted by Crippen LogP contribution is 2.45. The van der Waals surface area contributed by atoms with Crippen molar-refractivity contribution in [3.8, 4) is 22.6 Å². The lowest BCUT2D eigenvalue weighted by molar-refractivity contribution is -0.105. The van der Waals surface area contributed by atoms with Gasteiger partial charge in [0.1, 0.15) is 23.4 Å². The molecule has 1 aliphatic heterocycles. The van der Waals surface area contributed by atoms with Crippen molar-refractivity contribution in [2.45, 2.75) is 13.0 Å². The number of aryl methyl sites for hydroxylation is 1. The first kappa shape index (κ1) is 28.8. The largest absolute Gasteiger partial charge is 0.495 e. The number of piperazine rings is 1. The molecule has 1 saturated heterocycles. The van der Waals surface area contributed by atoms with Crippen molar-refractivity contribution in [1.82, 2.24) is 24.3 Å². The summed E-state index contributed by atoms with van der Waals surface area (Å²) < 4.78 is 12.5. The number of pyridine rings is 1. The summed E-state index contributed by atoms with van der Waals surface area (Å²) in [6.07, 6.45) is 3.20. The molecule has 1 aliphatic rings. The van der Waals surface area contributed by atoms with Crippen molar-refractivity contribution < 1.29 is 14.3 Å². The van der Waals surface area contributed by atoms with Crippen LogP contribution in [-0.2, 0) is 11.3 Å². The van der Waals surface area contributed by atoms with Gasteiger partial charge in [-0.25, -0.2) is 4.98 Å². The van der Waals surface area contributed by atoms with Crippen LogP contribution < -0.4 is 20.3 Å². The van der Waals surface area contributed by atoms with E-state index < -0.39 is 0 Å². The van der Waals surface area contributed by atoms with Gasteiger partial charge in [-0.3, -0.25) is 19.1 Å². The van der Waals surface area contributed by atoms with Gasteiger partial charge < -0.3 is 19.7 Å². The highest BCUT2D eigenvalue weighted by molar-refractivity contribution is 6.41. The molecule has 3 heterocycles. The maximum atomic E-state index is 14.0. The number of rotatable bonds is 11. The van der Waals surface area contributed by atoms with Crippen molar-refractivity contribution >= 4 is 46.5 Å². The van der Waals surface area contributed by atoms with Gasteiger partial charge in [-0.15, -0.1) is 0 Å². The number of halogens is 2. The quantitative estimate of drug-likeness (QED) is 0.272. The molecule has 0 unspecified atom stereocenters. The smallest absolute Gasteiger partial charge is 0.260 e. The molecule has 2 aromatic heterocycles. The first-order chi connectivity index (χ1) is 18.8. The van der Waals surface area contributed by atoms with Crippen LogP contribution in [0.1, 0.15) is 6.42 Å². The van der Waals surface area contributed by atoms with E-state index in [1.54, 1.807) is 29.9 Å². The van der Waals surface area contributed by atoms with Crippen LogP contribution in [0, 0.1) is 0 Å². The summed E-state index contributed by atoms with van der Waals surface area (Å²) >= 11 is 13.3. The minimum atomic E-state index is -0.278. The van der Waals surface area contributed by atoms with E-state index in [0.29, 0.717) is 58.3 Å². The highest BCUT2D eigenvalue weighted by atomic mass is 35.5. The number of carbonyl (C=O) groups excluding carboxylic acids is 1. The molecule has 0 amide bonds. The van der Waals surface area contributed by atoms with Crippen LogP contribution in [0.25, 0.3) is 22.2 Å². The van der Waals surface area contributed by atoms with Gasteiger partial charge in [-0.1, -0.05) is 29.8 Å². The average molecular weight is 575 g/mol. The maximum Gasteiger partial charge on any atom is 0.260 e. The van der Waals surface area contributed by atoms with E-state index in [1.807, 2.05) is 0 Å². The van der Waals surface area contributed by atoms with Crippen molar-refractivity contribution in [3.63, 3.8) is 0 Å². The molecule has 10 nitrogen and oxygen atoms in total. The summed E-state index contributed by atoms with van der Waals surface area (Å²) in [6.45, 7) is 9.08. The van der Waals surface area contributed by atoms with E-state index >= 15 is 0 Å². The van der Waals surface area contributed by atoms with Crippen LogP contribution in [0.3, 0.4) is 0 Å². The Balaban J connectivity index is 1.66. The number of nitrogens with one attached hydrogen (secondary N) is 1. The molecule has 0 radical (unpaired) electrons. The lowest BCUT2D eigenvalue weighted by Crippen LogP contribution is -2.47. The lowest BCUT2D eigenvalue weighted by atomic mass is 10.0. The van der Waals surface area contributed by atoms with Gasteiger partial charge in [0, 0.05) is 69.5 Å². The van der Waals surface area contributed by atoms with Gasteiger partial charge in [0.05, 0.1) is 29.8 Å². The van der Waals surface area contributed by atoms with Crippen LogP contribution in [0.2, 0.25) is 10.0 Å². The van der Waals surface area contributed by atoms with Crippen LogP contribution >= 0.6 is 23.2 Å². The number of anilines is 1. The number of ether oxygens (including phenoxy) is 2. The fourth-order valence-electron chi connectivity index (χ4n) is 4.74. The topological polar surface area (TPSA) is 102 Å². The number of nitrogens with zero attached hydrogens (tertiary/aromatic N) is 5. The Morgan fingerprint density at radius 2 is 1.72 bits per heavy atom. The Kier molecular flexibility index (Phi) is 9.45. The van der Waals surface area contributed by atoms with Crippen LogP contribution in [0.5, 0.6) is 11.5 Å². The maximum absolute atomic E-state index is 14.0. The molecule has 4 rings (SSSR count). The van der Waals surface area contributed by atoms with Gasteiger partial charge >= 0.3 is 0 Å². The Bertz CT molecular complexity index is 1410. The Morgan fingerprint density at radius 1 is 1.08 bits per heavy atom. The Hall–Kier alpha value is -3.18. The predicted molar refractivity (Wildman–Crippen MR) is 155 cm³/mol. The molecule has 0 spiro atoms. The summed E-state index contributed by atoms with van der Waals surface area (Å²) in [5.41, 5.74) is 1.47. The van der Waals surface area contributed by atoms with Crippen LogP contribution in [0.4, 0.5) is 5.95 Å². The number of carbonyl (C=O) groups is 1. The molecule has 0 bridgehead atoms. The Morgan fingerprint density at radius 3 is 2.31 bits per heavy atom.